The van der Waals surface area contributed by atoms with Crippen molar-refractivity contribution in [2.75, 3.05) is 7.11 Å². The van der Waals surface area contributed by atoms with Gasteiger partial charge in [0.15, 0.2) is 5.78 Å². The molecule has 0 radical (unpaired) electrons. The molecule has 2 aliphatic heterocycles. The first-order valence-electron chi connectivity index (χ1n) is 11.9. The first kappa shape index (κ1) is 20.0. The summed E-state index contributed by atoms with van der Waals surface area (Å²) in [5, 5.41) is 0. The van der Waals surface area contributed by atoms with Gasteiger partial charge in [-0.25, -0.2) is 0 Å². The number of fused-ring (bicyclic) bond motifs is 4. The van der Waals surface area contributed by atoms with Crippen molar-refractivity contribution in [1.82, 2.24) is 0 Å². The first-order valence-corrected chi connectivity index (χ1v) is 11.9. The average molecular weight is 429 g/mol. The van der Waals surface area contributed by atoms with E-state index in [0.29, 0.717) is 19.3 Å². The molecule has 3 saturated carbocycles. The Kier molecular flexibility index (Phi) is 3.86. The second-order valence-electron chi connectivity index (χ2n) is 11.3. The number of hydrogen-bond acceptors (Lipinski definition) is 6. The summed E-state index contributed by atoms with van der Waals surface area (Å²) in [5.41, 5.74) is -0.215. The number of allylic oxidation sites excluding steroid dienone is 1. The number of carbonyl (C=O) groups is 3. The van der Waals surface area contributed by atoms with Crippen LogP contribution in [0.5, 0.6) is 0 Å². The van der Waals surface area contributed by atoms with Crippen molar-refractivity contribution >= 4 is 17.7 Å². The third-order valence-corrected chi connectivity index (χ3v) is 10.4. The van der Waals surface area contributed by atoms with E-state index in [2.05, 4.69) is 13.8 Å². The van der Waals surface area contributed by atoms with E-state index in [1.54, 1.807) is 6.08 Å². The predicted molar refractivity (Wildman–Crippen MR) is 110 cm³/mol. The van der Waals surface area contributed by atoms with Crippen molar-refractivity contribution in [3.63, 3.8) is 0 Å². The summed E-state index contributed by atoms with van der Waals surface area (Å²) < 4.78 is 18.1. The summed E-state index contributed by atoms with van der Waals surface area (Å²) >= 11 is 0. The molecule has 0 aromatic heterocycles. The van der Waals surface area contributed by atoms with E-state index >= 15 is 0 Å². The van der Waals surface area contributed by atoms with E-state index < -0.39 is 11.2 Å². The van der Waals surface area contributed by atoms with E-state index in [0.717, 1.165) is 44.1 Å². The minimum atomic E-state index is -0.439. The Balaban J connectivity index is 1.50. The minimum Gasteiger partial charge on any atom is -0.469 e. The van der Waals surface area contributed by atoms with Gasteiger partial charge >= 0.3 is 11.9 Å². The van der Waals surface area contributed by atoms with Gasteiger partial charge in [-0.1, -0.05) is 19.4 Å². The zero-order valence-corrected chi connectivity index (χ0v) is 18.7. The Hall–Kier alpha value is -1.69. The van der Waals surface area contributed by atoms with Crippen LogP contribution in [0.4, 0.5) is 0 Å². The molecule has 6 heteroatoms. The van der Waals surface area contributed by atoms with Gasteiger partial charge in [-0.3, -0.25) is 14.4 Å². The lowest BCUT2D eigenvalue weighted by Crippen LogP contribution is -2.67. The van der Waals surface area contributed by atoms with Gasteiger partial charge in [0.05, 0.1) is 19.1 Å². The maximum atomic E-state index is 13.1. The number of hydrogen-bond donors (Lipinski definition) is 0. The normalized spacial score (nSPS) is 52.3. The maximum Gasteiger partial charge on any atom is 0.309 e. The largest absolute Gasteiger partial charge is 0.469 e. The summed E-state index contributed by atoms with van der Waals surface area (Å²) in [6.07, 6.45) is 8.72. The van der Waals surface area contributed by atoms with E-state index in [1.807, 2.05) is 0 Å². The summed E-state index contributed by atoms with van der Waals surface area (Å²) in [7, 11) is 1.46. The predicted octanol–water partition coefficient (Wildman–Crippen LogP) is 3.51. The summed E-state index contributed by atoms with van der Waals surface area (Å²) in [6.45, 7) is 4.54. The molecule has 6 nitrogen and oxygen atoms in total. The molecule has 8 atom stereocenters. The van der Waals surface area contributed by atoms with Crippen LogP contribution in [0.3, 0.4) is 0 Å². The molecule has 0 unspecified atom stereocenters. The van der Waals surface area contributed by atoms with Crippen molar-refractivity contribution < 1.29 is 28.6 Å². The second-order valence-corrected chi connectivity index (χ2v) is 11.3. The number of ketones is 1. The van der Waals surface area contributed by atoms with Crippen LogP contribution in [0.25, 0.3) is 0 Å². The van der Waals surface area contributed by atoms with Crippen LogP contribution in [-0.4, -0.2) is 42.1 Å². The van der Waals surface area contributed by atoms with Gasteiger partial charge in [-0.15, -0.1) is 0 Å². The lowest BCUT2D eigenvalue weighted by atomic mass is 9.40. The molecule has 6 aliphatic rings. The fourth-order valence-corrected chi connectivity index (χ4v) is 8.90. The van der Waals surface area contributed by atoms with Crippen LogP contribution in [0.2, 0.25) is 0 Å². The summed E-state index contributed by atoms with van der Waals surface area (Å²) in [4.78, 5) is 37.6. The van der Waals surface area contributed by atoms with Crippen molar-refractivity contribution in [3.05, 3.63) is 11.6 Å². The highest BCUT2D eigenvalue weighted by atomic mass is 16.6. The summed E-state index contributed by atoms with van der Waals surface area (Å²) in [5.74, 6) is -0.213. The van der Waals surface area contributed by atoms with Crippen molar-refractivity contribution in [2.24, 2.45) is 28.6 Å². The fraction of sp³-hybridized carbons (Fsp3) is 0.800. The number of epoxide rings is 1. The van der Waals surface area contributed by atoms with Crippen LogP contribution >= 0.6 is 0 Å². The number of ether oxygens (including phenoxy) is 3. The van der Waals surface area contributed by atoms with Crippen LogP contribution in [0.1, 0.15) is 71.6 Å². The van der Waals surface area contributed by atoms with Gasteiger partial charge in [0.2, 0.25) is 0 Å². The molecular weight excluding hydrogens is 396 g/mol. The minimum absolute atomic E-state index is 0.0236. The molecule has 5 fully saturated rings. The van der Waals surface area contributed by atoms with Crippen molar-refractivity contribution in [2.45, 2.75) is 88.9 Å². The lowest BCUT2D eigenvalue weighted by molar-refractivity contribution is -0.201. The first-order chi connectivity index (χ1) is 14.7. The van der Waals surface area contributed by atoms with E-state index in [4.69, 9.17) is 14.2 Å². The zero-order chi connectivity index (χ0) is 21.8. The fourth-order valence-electron chi connectivity index (χ4n) is 8.90. The number of esters is 2. The van der Waals surface area contributed by atoms with Gasteiger partial charge in [0.1, 0.15) is 11.2 Å². The summed E-state index contributed by atoms with van der Waals surface area (Å²) in [6, 6.07) is 0. The molecule has 0 aromatic rings. The molecule has 168 valence electrons. The van der Waals surface area contributed by atoms with E-state index in [9.17, 15) is 14.4 Å². The maximum absolute atomic E-state index is 13.1. The van der Waals surface area contributed by atoms with Crippen molar-refractivity contribution in [1.29, 1.82) is 0 Å². The highest BCUT2D eigenvalue weighted by Gasteiger charge is 2.82. The zero-order valence-electron chi connectivity index (χ0n) is 18.7. The Morgan fingerprint density at radius 3 is 2.68 bits per heavy atom. The highest BCUT2D eigenvalue weighted by Crippen LogP contribution is 2.77. The molecule has 2 spiro atoms. The smallest absolute Gasteiger partial charge is 0.309 e. The monoisotopic (exact) mass is 428 g/mol. The van der Waals surface area contributed by atoms with Crippen LogP contribution in [0, 0.1) is 28.6 Å². The standard InChI is InChI=1S/C25H32O6/c1-22-9-6-15(26)11-14(22)12-16(21(28)29-3)20-17-5-4-8-24(10-7-19(27)31-24)23(17,2)13-18-25(20,22)30-18/h11,16-18,20H,4-10,12-13H2,1-3H3/t16-,17+,18-,20+,22+,23+,24-,25-/m1/s1. The molecule has 0 aromatic carbocycles. The molecule has 0 N–H and O–H groups in total. The molecule has 4 aliphatic carbocycles. The van der Waals surface area contributed by atoms with Crippen molar-refractivity contribution in [3.8, 4) is 0 Å². The lowest BCUT2D eigenvalue weighted by Gasteiger charge is -2.63. The van der Waals surface area contributed by atoms with E-state index in [-0.39, 0.29) is 52.4 Å². The molecule has 6 rings (SSSR count). The molecule has 0 amide bonds. The number of methoxy groups -OCH3 is 1. The number of carbonyl (C=O) groups excluding carboxylic acids is 3. The van der Waals surface area contributed by atoms with Gasteiger partial charge in [-0.05, 0) is 56.9 Å². The quantitative estimate of drug-likeness (QED) is 0.470. The van der Waals surface area contributed by atoms with Crippen LogP contribution < -0.4 is 0 Å². The molecule has 2 saturated heterocycles. The topological polar surface area (TPSA) is 82.2 Å². The molecular formula is C25H32O6. The van der Waals surface area contributed by atoms with Crippen LogP contribution in [-0.2, 0) is 28.6 Å². The molecule has 0 bridgehead atoms. The van der Waals surface area contributed by atoms with Gasteiger partial charge in [-0.2, -0.15) is 0 Å². The third kappa shape index (κ3) is 2.20. The SMILES string of the molecule is COC(=O)[C@@H]1CC2=CC(=O)CC[C@]2(C)[C@@]23O[C@@H]2C[C@@]2(C)[C@@H](CCC[C@@]24CCC(=O)O4)[C@H]13. The Morgan fingerprint density at radius 2 is 1.97 bits per heavy atom. The Morgan fingerprint density at radius 1 is 1.16 bits per heavy atom. The van der Waals surface area contributed by atoms with Gasteiger partial charge in [0, 0.05) is 29.6 Å². The average Bonchev–Trinajstić information content (AvgIpc) is 3.33. The van der Waals surface area contributed by atoms with E-state index in [1.165, 1.54) is 7.11 Å². The highest BCUT2D eigenvalue weighted by molar-refractivity contribution is 5.92. The molecule has 31 heavy (non-hydrogen) atoms. The third-order valence-electron chi connectivity index (χ3n) is 10.4. The van der Waals surface area contributed by atoms with Crippen LogP contribution in [0.15, 0.2) is 11.6 Å². The Bertz CT molecular complexity index is 923. The van der Waals surface area contributed by atoms with Gasteiger partial charge in [0.25, 0.3) is 0 Å². The number of rotatable bonds is 1. The second kappa shape index (κ2) is 6.00. The Labute approximate surface area is 183 Å². The van der Waals surface area contributed by atoms with Gasteiger partial charge < -0.3 is 14.2 Å². The molecule has 2 heterocycles.